The molecule has 2 aromatic rings. The fourth-order valence-electron chi connectivity index (χ4n) is 1.30. The molecule has 1 aromatic carbocycles. The maximum atomic E-state index is 10.5. The number of H-pyrrole nitrogens is 1. The third kappa shape index (κ3) is 1.03. The zero-order valence-electron chi connectivity index (χ0n) is 6.82. The molecule has 0 saturated carbocycles. The number of nitroso groups, excluding NO2 is 1. The van der Waals surface area contributed by atoms with E-state index >= 15 is 0 Å². The predicted octanol–water partition coefficient (Wildman–Crippen LogP) is 2.60. The van der Waals surface area contributed by atoms with Crippen LogP contribution in [0, 0.1) is 4.91 Å². The van der Waals surface area contributed by atoms with Crippen molar-refractivity contribution in [3.63, 3.8) is 0 Å². The molecule has 1 heterocycles. The highest BCUT2D eigenvalue weighted by atomic mass is 16.3. The van der Waals surface area contributed by atoms with Crippen LogP contribution in [0.4, 0.5) is 5.69 Å². The smallest absolute Gasteiger partial charge is 0.119 e. The Morgan fingerprint density at radius 2 is 2.38 bits per heavy atom. The van der Waals surface area contributed by atoms with Gasteiger partial charge in [-0.1, -0.05) is 12.6 Å². The minimum atomic E-state index is 0.390. The van der Waals surface area contributed by atoms with Crippen LogP contribution in [-0.2, 0) is 0 Å². The molecule has 0 spiro atoms. The van der Waals surface area contributed by atoms with Gasteiger partial charge in [-0.2, -0.15) is 5.10 Å². The number of aromatic amines is 1. The van der Waals surface area contributed by atoms with Crippen molar-refractivity contribution >= 4 is 22.7 Å². The summed E-state index contributed by atoms with van der Waals surface area (Å²) in [7, 11) is 0. The number of nitrogens with zero attached hydrogens (tertiary/aromatic N) is 2. The van der Waals surface area contributed by atoms with E-state index in [9.17, 15) is 4.91 Å². The van der Waals surface area contributed by atoms with Gasteiger partial charge in [-0.3, -0.25) is 5.10 Å². The van der Waals surface area contributed by atoms with Crippen LogP contribution in [-0.4, -0.2) is 10.2 Å². The van der Waals surface area contributed by atoms with E-state index < -0.39 is 0 Å². The molecule has 4 nitrogen and oxygen atoms in total. The van der Waals surface area contributed by atoms with Crippen LogP contribution in [0.25, 0.3) is 17.0 Å². The highest BCUT2D eigenvalue weighted by Crippen LogP contribution is 2.27. The topological polar surface area (TPSA) is 58.1 Å². The van der Waals surface area contributed by atoms with E-state index in [1.165, 1.54) is 0 Å². The summed E-state index contributed by atoms with van der Waals surface area (Å²) in [4.78, 5) is 10.5. The van der Waals surface area contributed by atoms with E-state index in [4.69, 9.17) is 0 Å². The van der Waals surface area contributed by atoms with Gasteiger partial charge in [-0.05, 0) is 23.4 Å². The number of hydrogen-bond donors (Lipinski definition) is 1. The minimum absolute atomic E-state index is 0.390. The van der Waals surface area contributed by atoms with Crippen molar-refractivity contribution in [3.8, 4) is 0 Å². The summed E-state index contributed by atoms with van der Waals surface area (Å²) >= 11 is 0. The van der Waals surface area contributed by atoms with Gasteiger partial charge in [-0.25, -0.2) is 0 Å². The summed E-state index contributed by atoms with van der Waals surface area (Å²) in [5, 5.41) is 10.4. The van der Waals surface area contributed by atoms with Gasteiger partial charge < -0.3 is 0 Å². The lowest BCUT2D eigenvalue weighted by molar-refractivity contribution is 1.11. The molecule has 0 bridgehead atoms. The molecule has 1 N–H and O–H groups in total. The molecule has 0 unspecified atom stereocenters. The van der Waals surface area contributed by atoms with Gasteiger partial charge >= 0.3 is 0 Å². The maximum absolute atomic E-state index is 10.5. The first-order valence-corrected chi connectivity index (χ1v) is 3.79. The lowest BCUT2D eigenvalue weighted by Crippen LogP contribution is -1.71. The van der Waals surface area contributed by atoms with Crippen LogP contribution in [0.15, 0.2) is 30.0 Å². The second kappa shape index (κ2) is 2.82. The Labute approximate surface area is 74.2 Å². The average Bonchev–Trinajstić information content (AvgIpc) is 2.60. The molecular formula is C9H7N3O. The Morgan fingerprint density at radius 1 is 1.54 bits per heavy atom. The highest BCUT2D eigenvalue weighted by Gasteiger charge is 2.07. The van der Waals surface area contributed by atoms with Crippen LogP contribution < -0.4 is 0 Å². The summed E-state index contributed by atoms with van der Waals surface area (Å²) < 4.78 is 0. The zero-order valence-corrected chi connectivity index (χ0v) is 6.82. The number of hydrogen-bond acceptors (Lipinski definition) is 3. The molecule has 4 heteroatoms. The number of nitrogens with one attached hydrogen (secondary N) is 1. The molecule has 0 radical (unpaired) electrons. The van der Waals surface area contributed by atoms with Crippen LogP contribution in [0.5, 0.6) is 0 Å². The largest absolute Gasteiger partial charge is 0.277 e. The fraction of sp³-hybridized carbons (Fsp3) is 0. The summed E-state index contributed by atoms with van der Waals surface area (Å²) in [5.74, 6) is 0. The van der Waals surface area contributed by atoms with Gasteiger partial charge in [0.1, 0.15) is 5.69 Å². The molecule has 1 aromatic heterocycles. The molecule has 13 heavy (non-hydrogen) atoms. The lowest BCUT2D eigenvalue weighted by Gasteiger charge is -1.91. The van der Waals surface area contributed by atoms with Crippen molar-refractivity contribution < 1.29 is 0 Å². The number of rotatable bonds is 2. The standard InChI is InChI=1S/C9H7N3O/c1-2-6-9-7(11-10-6)4-3-5-8(9)12-13/h2-5H,1H2,(H,10,11). The van der Waals surface area contributed by atoms with Crippen molar-refractivity contribution in [1.29, 1.82) is 0 Å². The highest BCUT2D eigenvalue weighted by molar-refractivity contribution is 5.95. The normalized spacial score (nSPS) is 10.2. The van der Waals surface area contributed by atoms with E-state index in [1.807, 2.05) is 6.07 Å². The molecule has 0 atom stereocenters. The first-order valence-electron chi connectivity index (χ1n) is 3.79. The molecule has 0 saturated heterocycles. The van der Waals surface area contributed by atoms with Gasteiger partial charge in [-0.15, -0.1) is 4.91 Å². The van der Waals surface area contributed by atoms with Crippen LogP contribution in [0.3, 0.4) is 0 Å². The van der Waals surface area contributed by atoms with Gasteiger partial charge in [0.05, 0.1) is 16.6 Å². The van der Waals surface area contributed by atoms with Gasteiger partial charge in [0.15, 0.2) is 0 Å². The van der Waals surface area contributed by atoms with Crippen LogP contribution >= 0.6 is 0 Å². The van der Waals surface area contributed by atoms with Gasteiger partial charge in [0.2, 0.25) is 0 Å². The van der Waals surface area contributed by atoms with E-state index in [1.54, 1.807) is 18.2 Å². The second-order valence-corrected chi connectivity index (χ2v) is 2.60. The summed E-state index contributed by atoms with van der Waals surface area (Å²) in [6.45, 7) is 3.60. The van der Waals surface area contributed by atoms with Crippen molar-refractivity contribution in [1.82, 2.24) is 10.2 Å². The Hall–Kier alpha value is -1.97. The summed E-state index contributed by atoms with van der Waals surface area (Å²) in [5.41, 5.74) is 1.85. The fourth-order valence-corrected chi connectivity index (χ4v) is 1.30. The van der Waals surface area contributed by atoms with E-state index in [2.05, 4.69) is 22.0 Å². The van der Waals surface area contributed by atoms with Crippen molar-refractivity contribution in [2.24, 2.45) is 5.18 Å². The number of benzene rings is 1. The second-order valence-electron chi connectivity index (χ2n) is 2.60. The molecular weight excluding hydrogens is 166 g/mol. The van der Waals surface area contributed by atoms with E-state index in [0.717, 1.165) is 10.9 Å². The molecule has 0 aliphatic heterocycles. The van der Waals surface area contributed by atoms with Crippen molar-refractivity contribution in [2.75, 3.05) is 0 Å². The minimum Gasteiger partial charge on any atom is -0.277 e. The molecule has 0 aliphatic rings. The lowest BCUT2D eigenvalue weighted by atomic mass is 10.2. The van der Waals surface area contributed by atoms with Crippen LogP contribution in [0.1, 0.15) is 5.69 Å². The Balaban J connectivity index is 2.90. The third-order valence-electron chi connectivity index (χ3n) is 1.89. The van der Waals surface area contributed by atoms with Crippen molar-refractivity contribution in [2.45, 2.75) is 0 Å². The van der Waals surface area contributed by atoms with Gasteiger partial charge in [0, 0.05) is 0 Å². The van der Waals surface area contributed by atoms with E-state index in [-0.39, 0.29) is 0 Å². The van der Waals surface area contributed by atoms with Crippen molar-refractivity contribution in [3.05, 3.63) is 35.4 Å². The zero-order chi connectivity index (χ0) is 9.26. The summed E-state index contributed by atoms with van der Waals surface area (Å²) in [6, 6.07) is 5.24. The number of fused-ring (bicyclic) bond motifs is 1. The average molecular weight is 173 g/mol. The maximum Gasteiger partial charge on any atom is 0.119 e. The molecule has 2 rings (SSSR count). The molecule has 0 aliphatic carbocycles. The molecule has 0 fully saturated rings. The Kier molecular flexibility index (Phi) is 1.66. The monoisotopic (exact) mass is 173 g/mol. The molecule has 0 amide bonds. The predicted molar refractivity (Wildman–Crippen MR) is 51.6 cm³/mol. The number of aromatic nitrogens is 2. The van der Waals surface area contributed by atoms with E-state index in [0.29, 0.717) is 11.4 Å². The Morgan fingerprint density at radius 3 is 3.08 bits per heavy atom. The Bertz CT molecular complexity index is 473. The summed E-state index contributed by atoms with van der Waals surface area (Å²) in [6.07, 6.45) is 1.59. The van der Waals surface area contributed by atoms with Gasteiger partial charge in [0.25, 0.3) is 0 Å². The molecule has 64 valence electrons. The SMILES string of the molecule is C=Cc1n[nH]c2cccc(N=O)c12. The van der Waals surface area contributed by atoms with Crippen LogP contribution in [0.2, 0.25) is 0 Å². The third-order valence-corrected chi connectivity index (χ3v) is 1.89. The quantitative estimate of drug-likeness (QED) is 0.709. The first kappa shape index (κ1) is 7.67. The first-order chi connectivity index (χ1) is 6.36.